The first kappa shape index (κ1) is 20.6. The van der Waals surface area contributed by atoms with Crippen molar-refractivity contribution in [1.82, 2.24) is 14.5 Å². The third-order valence-corrected chi connectivity index (χ3v) is 7.62. The van der Waals surface area contributed by atoms with Crippen LogP contribution in [0.2, 0.25) is 0 Å². The number of aromatic nitrogens is 2. The minimum atomic E-state index is -3.66. The number of carbonyl (C=O) groups excluding carboxylic acids is 1. The first-order chi connectivity index (χ1) is 13.4. The Hall–Kier alpha value is -2.15. The van der Waals surface area contributed by atoms with Crippen LogP contribution in [0, 0.1) is 0 Å². The fourth-order valence-electron chi connectivity index (χ4n) is 3.80. The SMILES string of the molecule is CC(C(=O)N(C)C1CCCCC1)S(=O)(=O)Cc1nccn1Cc1ccccc1. The van der Waals surface area contributed by atoms with E-state index in [0.29, 0.717) is 12.4 Å². The summed E-state index contributed by atoms with van der Waals surface area (Å²) in [5.41, 5.74) is 1.07. The highest BCUT2D eigenvalue weighted by Gasteiger charge is 2.34. The lowest BCUT2D eigenvalue weighted by Gasteiger charge is -2.32. The topological polar surface area (TPSA) is 72.3 Å². The zero-order valence-electron chi connectivity index (χ0n) is 16.6. The van der Waals surface area contributed by atoms with E-state index in [1.165, 1.54) is 13.3 Å². The summed E-state index contributed by atoms with van der Waals surface area (Å²) in [6.45, 7) is 2.05. The van der Waals surface area contributed by atoms with Crippen molar-refractivity contribution in [1.29, 1.82) is 0 Å². The minimum Gasteiger partial charge on any atom is -0.342 e. The molecule has 0 bridgehead atoms. The van der Waals surface area contributed by atoms with Crippen molar-refractivity contribution in [2.45, 2.75) is 62.6 Å². The lowest BCUT2D eigenvalue weighted by Crippen LogP contribution is -2.45. The van der Waals surface area contributed by atoms with E-state index in [0.717, 1.165) is 31.2 Å². The Morgan fingerprint density at radius 1 is 1.21 bits per heavy atom. The smallest absolute Gasteiger partial charge is 0.240 e. The van der Waals surface area contributed by atoms with Crippen LogP contribution in [0.3, 0.4) is 0 Å². The molecule has 2 aromatic rings. The molecule has 0 aliphatic heterocycles. The molecule has 1 atom stereocenters. The molecule has 6 nitrogen and oxygen atoms in total. The van der Waals surface area contributed by atoms with Crippen LogP contribution in [0.4, 0.5) is 0 Å². The number of carbonyl (C=O) groups is 1. The number of amides is 1. The van der Waals surface area contributed by atoms with Gasteiger partial charge in [0.2, 0.25) is 5.91 Å². The van der Waals surface area contributed by atoms with Crippen LogP contribution >= 0.6 is 0 Å². The first-order valence-corrected chi connectivity index (χ1v) is 11.6. The maximum atomic E-state index is 12.9. The van der Waals surface area contributed by atoms with Gasteiger partial charge in [-0.2, -0.15) is 0 Å². The van der Waals surface area contributed by atoms with E-state index in [4.69, 9.17) is 0 Å². The fraction of sp³-hybridized carbons (Fsp3) is 0.524. The van der Waals surface area contributed by atoms with Crippen molar-refractivity contribution in [2.24, 2.45) is 0 Å². The normalized spacial score (nSPS) is 16.6. The maximum absolute atomic E-state index is 12.9. The fourth-order valence-corrected chi connectivity index (χ4v) is 5.12. The molecule has 28 heavy (non-hydrogen) atoms. The third kappa shape index (κ3) is 4.82. The van der Waals surface area contributed by atoms with Crippen molar-refractivity contribution in [2.75, 3.05) is 7.05 Å². The van der Waals surface area contributed by atoms with E-state index in [1.807, 2.05) is 34.9 Å². The second-order valence-electron chi connectivity index (χ2n) is 7.65. The molecule has 1 aromatic carbocycles. The van der Waals surface area contributed by atoms with Crippen LogP contribution in [0.25, 0.3) is 0 Å². The molecule has 0 N–H and O–H groups in total. The van der Waals surface area contributed by atoms with Crippen molar-refractivity contribution in [3.63, 3.8) is 0 Å². The minimum absolute atomic E-state index is 0.152. The summed E-state index contributed by atoms with van der Waals surface area (Å²) in [5, 5.41) is -1.07. The Morgan fingerprint density at radius 3 is 2.57 bits per heavy atom. The second kappa shape index (κ2) is 8.90. The number of imidazole rings is 1. The maximum Gasteiger partial charge on any atom is 0.240 e. The molecule has 1 aromatic heterocycles. The van der Waals surface area contributed by atoms with E-state index < -0.39 is 15.1 Å². The van der Waals surface area contributed by atoms with Crippen LogP contribution in [0.1, 0.15) is 50.4 Å². The summed E-state index contributed by atoms with van der Waals surface area (Å²) in [4.78, 5) is 18.7. The first-order valence-electron chi connectivity index (χ1n) is 9.90. The quantitative estimate of drug-likeness (QED) is 0.712. The van der Waals surface area contributed by atoms with E-state index in [-0.39, 0.29) is 17.7 Å². The molecule has 1 amide bonds. The molecular weight excluding hydrogens is 374 g/mol. The Balaban J connectivity index is 1.69. The van der Waals surface area contributed by atoms with Gasteiger partial charge in [-0.1, -0.05) is 49.6 Å². The van der Waals surface area contributed by atoms with Crippen LogP contribution in [0.5, 0.6) is 0 Å². The molecule has 1 unspecified atom stereocenters. The van der Waals surface area contributed by atoms with E-state index >= 15 is 0 Å². The Morgan fingerprint density at radius 2 is 1.89 bits per heavy atom. The molecule has 7 heteroatoms. The highest BCUT2D eigenvalue weighted by Crippen LogP contribution is 2.23. The van der Waals surface area contributed by atoms with Gasteiger partial charge in [0.15, 0.2) is 9.84 Å². The standard InChI is InChI=1S/C21H29N3O3S/c1-17(21(25)23(2)19-11-7-4-8-12-19)28(26,27)16-20-22-13-14-24(20)15-18-9-5-3-6-10-18/h3,5-6,9-10,13-14,17,19H,4,7-8,11-12,15-16H2,1-2H3. The Labute approximate surface area is 167 Å². The summed E-state index contributed by atoms with van der Waals surface area (Å²) < 4.78 is 27.7. The highest BCUT2D eigenvalue weighted by molar-refractivity contribution is 7.92. The predicted molar refractivity (Wildman–Crippen MR) is 109 cm³/mol. The molecule has 1 aliphatic rings. The van der Waals surface area contributed by atoms with Crippen molar-refractivity contribution < 1.29 is 13.2 Å². The zero-order chi connectivity index (χ0) is 20.1. The number of rotatable bonds is 7. The van der Waals surface area contributed by atoms with Gasteiger partial charge in [-0.3, -0.25) is 4.79 Å². The molecule has 1 fully saturated rings. The summed E-state index contributed by atoms with van der Waals surface area (Å²) in [6.07, 6.45) is 8.68. The zero-order valence-corrected chi connectivity index (χ0v) is 17.4. The van der Waals surface area contributed by atoms with Gasteiger partial charge >= 0.3 is 0 Å². The number of hydrogen-bond acceptors (Lipinski definition) is 4. The molecule has 0 spiro atoms. The average molecular weight is 404 g/mol. The monoisotopic (exact) mass is 403 g/mol. The van der Waals surface area contributed by atoms with E-state index in [2.05, 4.69) is 4.98 Å². The van der Waals surface area contributed by atoms with Gasteiger partial charge in [-0.15, -0.1) is 0 Å². The summed E-state index contributed by atoms with van der Waals surface area (Å²) >= 11 is 0. The summed E-state index contributed by atoms with van der Waals surface area (Å²) in [7, 11) is -1.92. The predicted octanol–water partition coefficient (Wildman–Crippen LogP) is 3.03. The molecule has 1 aliphatic carbocycles. The van der Waals surface area contributed by atoms with Gasteiger partial charge in [0.05, 0.1) is 0 Å². The number of sulfone groups is 1. The van der Waals surface area contributed by atoms with E-state index in [1.54, 1.807) is 24.3 Å². The van der Waals surface area contributed by atoms with Crippen LogP contribution in [0.15, 0.2) is 42.7 Å². The van der Waals surface area contributed by atoms with Crippen molar-refractivity contribution in [3.8, 4) is 0 Å². The summed E-state index contributed by atoms with van der Waals surface area (Å²) in [6, 6.07) is 9.97. The van der Waals surface area contributed by atoms with Crippen molar-refractivity contribution in [3.05, 3.63) is 54.1 Å². The number of nitrogens with zero attached hydrogens (tertiary/aromatic N) is 3. The van der Waals surface area contributed by atoms with Gasteiger partial charge in [0, 0.05) is 32.0 Å². The molecule has 0 radical (unpaired) electrons. The van der Waals surface area contributed by atoms with Crippen LogP contribution in [-0.2, 0) is 26.9 Å². The molecule has 1 heterocycles. The van der Waals surface area contributed by atoms with E-state index in [9.17, 15) is 13.2 Å². The lowest BCUT2D eigenvalue weighted by atomic mass is 9.94. The Bertz CT molecular complexity index is 887. The molecular formula is C21H29N3O3S. The Kier molecular flexibility index (Phi) is 6.54. The second-order valence-corrected chi connectivity index (χ2v) is 9.97. The van der Waals surface area contributed by atoms with Crippen LogP contribution < -0.4 is 0 Å². The average Bonchev–Trinajstić information content (AvgIpc) is 3.13. The third-order valence-electron chi connectivity index (χ3n) is 5.68. The van der Waals surface area contributed by atoms with Crippen molar-refractivity contribution >= 4 is 15.7 Å². The van der Waals surface area contributed by atoms with Gasteiger partial charge in [-0.05, 0) is 25.3 Å². The summed E-state index contributed by atoms with van der Waals surface area (Å²) in [5.74, 6) is -0.0880. The van der Waals surface area contributed by atoms with Gasteiger partial charge in [-0.25, -0.2) is 13.4 Å². The van der Waals surface area contributed by atoms with Crippen LogP contribution in [-0.4, -0.2) is 47.1 Å². The van der Waals surface area contributed by atoms with Gasteiger partial charge < -0.3 is 9.47 Å². The molecule has 3 rings (SSSR count). The largest absolute Gasteiger partial charge is 0.342 e. The molecule has 152 valence electrons. The lowest BCUT2D eigenvalue weighted by molar-refractivity contribution is -0.131. The highest BCUT2D eigenvalue weighted by atomic mass is 32.2. The molecule has 1 saturated carbocycles. The molecule has 0 saturated heterocycles. The van der Waals surface area contributed by atoms with Gasteiger partial charge in [0.1, 0.15) is 16.8 Å². The number of benzene rings is 1. The number of hydrogen-bond donors (Lipinski definition) is 0. The van der Waals surface area contributed by atoms with Gasteiger partial charge in [0.25, 0.3) is 0 Å².